The third-order valence-electron chi connectivity index (χ3n) is 3.36. The lowest BCUT2D eigenvalue weighted by Gasteiger charge is -2.27. The van der Waals surface area contributed by atoms with E-state index in [1.54, 1.807) is 0 Å². The van der Waals surface area contributed by atoms with Gasteiger partial charge >= 0.3 is 6.03 Å². The Balaban J connectivity index is 2.05. The molecule has 1 fully saturated rings. The van der Waals surface area contributed by atoms with Crippen LogP contribution in [0.4, 0.5) is 10.5 Å². The van der Waals surface area contributed by atoms with Gasteiger partial charge in [-0.05, 0) is 32.0 Å². The van der Waals surface area contributed by atoms with Crippen molar-refractivity contribution in [1.82, 2.24) is 10.2 Å². The number of primary amides is 1. The molecule has 1 aliphatic heterocycles. The van der Waals surface area contributed by atoms with Gasteiger partial charge in [-0.15, -0.1) is 0 Å². The van der Waals surface area contributed by atoms with E-state index in [1.165, 1.54) is 4.90 Å². The maximum absolute atomic E-state index is 12.3. The number of benzene rings is 1. The summed E-state index contributed by atoms with van der Waals surface area (Å²) in [4.78, 5) is 24.9. The minimum absolute atomic E-state index is 0.00736. The zero-order chi connectivity index (χ0) is 14.5. The Bertz CT molecular complexity index is 480. The highest BCUT2D eigenvalue weighted by Crippen LogP contribution is 2.13. The highest BCUT2D eigenvalue weighted by Gasteiger charge is 2.27. The van der Waals surface area contributed by atoms with E-state index in [0.29, 0.717) is 12.2 Å². The normalized spacial score (nSPS) is 17.8. The van der Waals surface area contributed by atoms with Gasteiger partial charge in [-0.1, -0.05) is 17.7 Å². The van der Waals surface area contributed by atoms with E-state index < -0.39 is 5.91 Å². The number of carbonyl (C=O) groups is 2. The van der Waals surface area contributed by atoms with Crippen molar-refractivity contribution in [1.29, 1.82) is 0 Å². The molecule has 108 valence electrons. The minimum atomic E-state index is -0.504. The van der Waals surface area contributed by atoms with Crippen molar-refractivity contribution in [3.8, 4) is 0 Å². The van der Waals surface area contributed by atoms with Crippen LogP contribution in [0.2, 0.25) is 0 Å². The van der Waals surface area contributed by atoms with Crippen LogP contribution in [-0.2, 0) is 4.79 Å². The zero-order valence-corrected chi connectivity index (χ0v) is 11.6. The van der Waals surface area contributed by atoms with Gasteiger partial charge in [-0.2, -0.15) is 0 Å². The first kappa shape index (κ1) is 14.3. The molecule has 1 atom stereocenters. The lowest BCUT2D eigenvalue weighted by Crippen LogP contribution is -2.48. The lowest BCUT2D eigenvalue weighted by molar-refractivity contribution is -0.118. The van der Waals surface area contributed by atoms with Crippen LogP contribution in [0.15, 0.2) is 24.3 Å². The summed E-state index contributed by atoms with van der Waals surface area (Å²) in [5, 5.41) is 5.98. The van der Waals surface area contributed by atoms with Crippen LogP contribution in [0.25, 0.3) is 0 Å². The molecule has 6 nitrogen and oxygen atoms in total. The average Bonchev–Trinajstić information content (AvgIpc) is 2.92. The Morgan fingerprint density at radius 2 is 2.10 bits per heavy atom. The fraction of sp³-hybridized carbons (Fsp3) is 0.429. The molecule has 3 amide bonds. The molecule has 0 bridgehead atoms. The SMILES string of the molecule is Cc1ccc(NC(=O)N(CC(N)=O)C2CCNC2)cc1. The predicted octanol–water partition coefficient (Wildman–Crippen LogP) is 0.676. The number of aryl methyl sites for hydroxylation is 1. The van der Waals surface area contributed by atoms with Crippen LogP contribution < -0.4 is 16.4 Å². The van der Waals surface area contributed by atoms with Gasteiger partial charge in [0.2, 0.25) is 5.91 Å². The molecule has 0 radical (unpaired) electrons. The quantitative estimate of drug-likeness (QED) is 0.755. The first-order valence-electron chi connectivity index (χ1n) is 6.69. The second-order valence-corrected chi connectivity index (χ2v) is 5.04. The van der Waals surface area contributed by atoms with Gasteiger partial charge in [0.05, 0.1) is 0 Å². The van der Waals surface area contributed by atoms with Crippen LogP contribution in [0.1, 0.15) is 12.0 Å². The Morgan fingerprint density at radius 1 is 1.40 bits per heavy atom. The summed E-state index contributed by atoms with van der Waals surface area (Å²) in [5.41, 5.74) is 7.06. The minimum Gasteiger partial charge on any atom is -0.368 e. The van der Waals surface area contributed by atoms with E-state index >= 15 is 0 Å². The van der Waals surface area contributed by atoms with E-state index in [1.807, 2.05) is 31.2 Å². The summed E-state index contributed by atoms with van der Waals surface area (Å²) in [5.74, 6) is -0.504. The lowest BCUT2D eigenvalue weighted by atomic mass is 10.2. The Kier molecular flexibility index (Phi) is 4.57. The fourth-order valence-corrected chi connectivity index (χ4v) is 2.27. The molecule has 0 aromatic heterocycles. The smallest absolute Gasteiger partial charge is 0.322 e. The molecule has 1 saturated heterocycles. The van der Waals surface area contributed by atoms with Gasteiger partial charge in [0.15, 0.2) is 0 Å². The molecule has 6 heteroatoms. The van der Waals surface area contributed by atoms with Crippen LogP contribution in [-0.4, -0.2) is 42.5 Å². The van der Waals surface area contributed by atoms with Gasteiger partial charge in [-0.3, -0.25) is 4.79 Å². The summed E-state index contributed by atoms with van der Waals surface area (Å²) >= 11 is 0. The van der Waals surface area contributed by atoms with Gasteiger partial charge in [0.1, 0.15) is 6.54 Å². The van der Waals surface area contributed by atoms with Crippen LogP contribution >= 0.6 is 0 Å². The Labute approximate surface area is 118 Å². The van der Waals surface area contributed by atoms with Crippen molar-refractivity contribution >= 4 is 17.6 Å². The topological polar surface area (TPSA) is 87.5 Å². The summed E-state index contributed by atoms with van der Waals surface area (Å²) in [7, 11) is 0. The fourth-order valence-electron chi connectivity index (χ4n) is 2.27. The summed E-state index contributed by atoms with van der Waals surface area (Å²) < 4.78 is 0. The number of nitrogens with one attached hydrogen (secondary N) is 2. The third kappa shape index (κ3) is 3.71. The first-order valence-corrected chi connectivity index (χ1v) is 6.69. The standard InChI is InChI=1S/C14H20N4O2/c1-10-2-4-11(5-3-10)17-14(20)18(9-13(15)19)12-6-7-16-8-12/h2-5,12,16H,6-9H2,1H3,(H2,15,19)(H,17,20). The molecule has 0 aliphatic carbocycles. The molecule has 20 heavy (non-hydrogen) atoms. The van der Waals surface area contributed by atoms with E-state index in [0.717, 1.165) is 18.5 Å². The molecule has 0 spiro atoms. The molecule has 0 saturated carbocycles. The van der Waals surface area contributed by atoms with Crippen LogP contribution in [0.3, 0.4) is 0 Å². The molecule has 1 aliphatic rings. The second kappa shape index (κ2) is 6.38. The number of urea groups is 1. The van der Waals surface area contributed by atoms with Crippen molar-refractivity contribution in [3.63, 3.8) is 0 Å². The number of hydrogen-bond donors (Lipinski definition) is 3. The van der Waals surface area contributed by atoms with Crippen LogP contribution in [0, 0.1) is 6.92 Å². The Hall–Kier alpha value is -2.08. The van der Waals surface area contributed by atoms with Gasteiger partial charge in [-0.25, -0.2) is 4.79 Å². The van der Waals surface area contributed by atoms with E-state index in [2.05, 4.69) is 10.6 Å². The number of nitrogens with zero attached hydrogens (tertiary/aromatic N) is 1. The van der Waals surface area contributed by atoms with E-state index in [4.69, 9.17) is 5.73 Å². The van der Waals surface area contributed by atoms with Gasteiger partial charge < -0.3 is 21.3 Å². The molecule has 1 aromatic carbocycles. The zero-order valence-electron chi connectivity index (χ0n) is 11.6. The maximum Gasteiger partial charge on any atom is 0.322 e. The van der Waals surface area contributed by atoms with Crippen molar-refractivity contribution in [2.24, 2.45) is 5.73 Å². The number of carbonyl (C=O) groups excluding carboxylic acids is 2. The third-order valence-corrected chi connectivity index (χ3v) is 3.36. The predicted molar refractivity (Wildman–Crippen MR) is 77.4 cm³/mol. The number of hydrogen-bond acceptors (Lipinski definition) is 3. The Morgan fingerprint density at radius 3 is 2.65 bits per heavy atom. The second-order valence-electron chi connectivity index (χ2n) is 5.04. The molecular formula is C14H20N4O2. The monoisotopic (exact) mass is 276 g/mol. The van der Waals surface area contributed by atoms with Crippen molar-refractivity contribution in [2.45, 2.75) is 19.4 Å². The molecular weight excluding hydrogens is 256 g/mol. The molecule has 1 heterocycles. The van der Waals surface area contributed by atoms with Gasteiger partial charge in [0, 0.05) is 18.3 Å². The first-order chi connectivity index (χ1) is 9.56. The number of amides is 3. The number of nitrogens with two attached hydrogens (primary N) is 1. The number of anilines is 1. The van der Waals surface area contributed by atoms with E-state index in [9.17, 15) is 9.59 Å². The average molecular weight is 276 g/mol. The van der Waals surface area contributed by atoms with Crippen molar-refractivity contribution in [2.75, 3.05) is 25.0 Å². The van der Waals surface area contributed by atoms with E-state index in [-0.39, 0.29) is 18.6 Å². The van der Waals surface area contributed by atoms with Gasteiger partial charge in [0.25, 0.3) is 0 Å². The molecule has 1 unspecified atom stereocenters. The highest BCUT2D eigenvalue weighted by molar-refractivity contribution is 5.92. The highest BCUT2D eigenvalue weighted by atomic mass is 16.2. The van der Waals surface area contributed by atoms with Crippen LogP contribution in [0.5, 0.6) is 0 Å². The molecule has 1 aromatic rings. The molecule has 2 rings (SSSR count). The van der Waals surface area contributed by atoms with Crippen molar-refractivity contribution in [3.05, 3.63) is 29.8 Å². The summed E-state index contributed by atoms with van der Waals surface area (Å²) in [6.45, 7) is 3.45. The summed E-state index contributed by atoms with van der Waals surface area (Å²) in [6.07, 6.45) is 0.828. The summed E-state index contributed by atoms with van der Waals surface area (Å²) in [6, 6.07) is 7.23. The number of rotatable bonds is 4. The largest absolute Gasteiger partial charge is 0.368 e. The maximum atomic E-state index is 12.3. The molecule has 4 N–H and O–H groups in total. The van der Waals surface area contributed by atoms with Crippen molar-refractivity contribution < 1.29 is 9.59 Å².